The molecule has 0 bridgehead atoms. The summed E-state index contributed by atoms with van der Waals surface area (Å²) in [5, 5.41) is 0. The van der Waals surface area contributed by atoms with Gasteiger partial charge in [0.1, 0.15) is 0 Å². The van der Waals surface area contributed by atoms with Gasteiger partial charge in [-0.15, -0.1) is 0 Å². The van der Waals surface area contributed by atoms with Crippen LogP contribution in [0.3, 0.4) is 0 Å². The summed E-state index contributed by atoms with van der Waals surface area (Å²) in [4.78, 5) is 0. The average Bonchev–Trinajstić information content (AvgIpc) is 2.25. The third-order valence-corrected chi connectivity index (χ3v) is 10.7. The second kappa shape index (κ2) is 5.75. The normalized spacial score (nSPS) is 10.8. The van der Waals surface area contributed by atoms with E-state index in [1.54, 1.807) is 6.54 Å². The van der Waals surface area contributed by atoms with Crippen LogP contribution in [0.4, 0.5) is 0 Å². The molecule has 0 aliphatic rings. The van der Waals surface area contributed by atoms with Crippen LogP contribution >= 0.6 is 0 Å². The summed E-state index contributed by atoms with van der Waals surface area (Å²) in [7, 11) is 0. The van der Waals surface area contributed by atoms with Crippen LogP contribution in [-0.2, 0) is 0 Å². The van der Waals surface area contributed by atoms with E-state index in [2.05, 4.69) is 65.8 Å². The van der Waals surface area contributed by atoms with E-state index < -0.39 is 23.2 Å². The van der Waals surface area contributed by atoms with Gasteiger partial charge in [-0.2, -0.15) is 0 Å². The molecule has 19 heavy (non-hydrogen) atoms. The van der Waals surface area contributed by atoms with E-state index >= 15 is 0 Å². The van der Waals surface area contributed by atoms with E-state index in [9.17, 15) is 0 Å². The van der Waals surface area contributed by atoms with Crippen LogP contribution < -0.4 is 6.54 Å². The third-order valence-electron chi connectivity index (χ3n) is 3.49. The summed E-state index contributed by atoms with van der Waals surface area (Å²) < 4.78 is 3.33. The fourth-order valence-electron chi connectivity index (χ4n) is 2.81. The molecule has 2 aromatic rings. The number of hydrogen-bond acceptors (Lipinski definition) is 0. The summed E-state index contributed by atoms with van der Waals surface area (Å²) >= 11 is -0.812. The van der Waals surface area contributed by atoms with E-state index in [4.69, 9.17) is 0 Å². The van der Waals surface area contributed by atoms with Crippen molar-refractivity contribution in [3.05, 3.63) is 57.6 Å². The van der Waals surface area contributed by atoms with Gasteiger partial charge in [0.15, 0.2) is 0 Å². The van der Waals surface area contributed by atoms with E-state index in [1.165, 1.54) is 33.4 Å². The van der Waals surface area contributed by atoms with Crippen molar-refractivity contribution in [2.45, 2.75) is 41.5 Å². The zero-order chi connectivity index (χ0) is 14.2. The van der Waals surface area contributed by atoms with Gasteiger partial charge in [0.05, 0.1) is 0 Å². The average molecular weight is 447 g/mol. The van der Waals surface area contributed by atoms with Gasteiger partial charge < -0.3 is 0 Å². The molecule has 0 unspecified atom stereocenters. The van der Waals surface area contributed by atoms with Crippen LogP contribution in [0.2, 0.25) is 0 Å². The molecular weight excluding hydrogens is 425 g/mol. The zero-order valence-electron chi connectivity index (χ0n) is 12.8. The van der Waals surface area contributed by atoms with Gasteiger partial charge in [-0.25, -0.2) is 0 Å². The molecule has 2 aromatic carbocycles. The molecule has 0 heterocycles. The van der Waals surface area contributed by atoms with E-state index in [-0.39, 0.29) is 0 Å². The van der Waals surface area contributed by atoms with Crippen molar-refractivity contribution in [2.24, 2.45) is 0 Å². The first-order valence-electron chi connectivity index (χ1n) is 6.76. The molecule has 0 nitrogen and oxygen atoms in total. The Morgan fingerprint density at radius 1 is 0.526 bits per heavy atom. The quantitative estimate of drug-likeness (QED) is 0.621. The second-order valence-corrected chi connectivity index (χ2v) is 9.95. The Kier molecular flexibility index (Phi) is 4.46. The van der Waals surface area contributed by atoms with Gasteiger partial charge in [0.25, 0.3) is 0 Å². The van der Waals surface area contributed by atoms with Crippen molar-refractivity contribution in [1.82, 2.24) is 0 Å². The number of aryl methyl sites for hydroxylation is 6. The fraction of sp³-hybridized carbons (Fsp3) is 0.333. The molecule has 0 fully saturated rings. The van der Waals surface area contributed by atoms with Crippen molar-refractivity contribution in [3.8, 4) is 0 Å². The van der Waals surface area contributed by atoms with Crippen LogP contribution in [0.25, 0.3) is 0 Å². The van der Waals surface area contributed by atoms with Crippen molar-refractivity contribution in [2.75, 3.05) is 0 Å². The standard InChI is InChI=1S/2C9H11.Bi/c2*1-7-4-8(2)6-9(3)5-7;/h2*4-5H,1-3H3;. The van der Waals surface area contributed by atoms with Gasteiger partial charge >= 0.3 is 129 Å². The van der Waals surface area contributed by atoms with Crippen molar-refractivity contribution < 1.29 is 0 Å². The van der Waals surface area contributed by atoms with Gasteiger partial charge in [-0.3, -0.25) is 0 Å². The Hall–Kier alpha value is -0.677. The van der Waals surface area contributed by atoms with E-state index in [1.807, 2.05) is 0 Å². The predicted molar refractivity (Wildman–Crippen MR) is 86.3 cm³/mol. The number of hydrogen-bond donors (Lipinski definition) is 0. The van der Waals surface area contributed by atoms with Crippen LogP contribution in [0.15, 0.2) is 24.3 Å². The minimum atomic E-state index is -0.812. The molecule has 0 saturated carbocycles. The van der Waals surface area contributed by atoms with E-state index in [0.717, 1.165) is 0 Å². The number of rotatable bonds is 2. The van der Waals surface area contributed by atoms with Gasteiger partial charge in [0.2, 0.25) is 0 Å². The fourth-order valence-corrected chi connectivity index (χ4v) is 7.42. The van der Waals surface area contributed by atoms with Crippen LogP contribution in [0.1, 0.15) is 33.4 Å². The molecule has 0 spiro atoms. The molecule has 99 valence electrons. The van der Waals surface area contributed by atoms with Crippen molar-refractivity contribution >= 4 is 29.8 Å². The van der Waals surface area contributed by atoms with Crippen LogP contribution in [0.5, 0.6) is 0 Å². The molecule has 0 aliphatic heterocycles. The van der Waals surface area contributed by atoms with Gasteiger partial charge in [-0.05, 0) is 0 Å². The molecule has 1 radical (unpaired) electrons. The molecule has 1 heteroatoms. The summed E-state index contributed by atoms with van der Waals surface area (Å²) in [6.07, 6.45) is 0. The topological polar surface area (TPSA) is 0 Å². The maximum atomic E-state index is 2.34. The molecule has 0 saturated heterocycles. The summed E-state index contributed by atoms with van der Waals surface area (Å²) in [6, 6.07) is 9.35. The summed E-state index contributed by atoms with van der Waals surface area (Å²) in [5.41, 5.74) is 8.75. The first-order valence-corrected chi connectivity index (χ1v) is 10.2. The third kappa shape index (κ3) is 3.26. The van der Waals surface area contributed by atoms with Gasteiger partial charge in [0, 0.05) is 0 Å². The minimum absolute atomic E-state index is 0.812. The SMILES string of the molecule is Cc1cc(C)[c]([Bi][c]2c(C)cc(C)cc2C)c(C)c1. The van der Waals surface area contributed by atoms with Crippen LogP contribution in [0, 0.1) is 41.5 Å². The molecular formula is C18H22Bi. The summed E-state index contributed by atoms with van der Waals surface area (Å²) in [6.45, 7) is 13.5. The molecule has 0 aromatic heterocycles. The molecule has 2 rings (SSSR count). The molecule has 0 atom stereocenters. The Labute approximate surface area is 128 Å². The Morgan fingerprint density at radius 3 is 1.05 bits per heavy atom. The Balaban J connectivity index is 2.48. The first-order chi connectivity index (χ1) is 8.88. The van der Waals surface area contributed by atoms with E-state index in [0.29, 0.717) is 0 Å². The Morgan fingerprint density at radius 2 is 0.789 bits per heavy atom. The second-order valence-electron chi connectivity index (χ2n) is 5.61. The van der Waals surface area contributed by atoms with Crippen molar-refractivity contribution in [3.63, 3.8) is 0 Å². The maximum absolute atomic E-state index is 2.34. The zero-order valence-corrected chi connectivity index (χ0v) is 16.2. The van der Waals surface area contributed by atoms with Crippen molar-refractivity contribution in [1.29, 1.82) is 0 Å². The molecule has 0 N–H and O–H groups in total. The first kappa shape index (κ1) is 14.7. The Bertz CT molecular complexity index is 522. The monoisotopic (exact) mass is 447 g/mol. The predicted octanol–water partition coefficient (Wildman–Crippen LogP) is 3.19. The molecule has 0 amide bonds. The van der Waals surface area contributed by atoms with Gasteiger partial charge in [-0.1, -0.05) is 0 Å². The molecule has 0 aliphatic carbocycles. The van der Waals surface area contributed by atoms with Crippen LogP contribution in [-0.4, -0.2) is 23.2 Å². The number of benzene rings is 2. The summed E-state index contributed by atoms with van der Waals surface area (Å²) in [5.74, 6) is 0.